The third kappa shape index (κ3) is 1.06. The standard InChI is InChI=1S/C2H5AsS2/c1-3-4-2-5-3/h2H2,1H3. The maximum atomic E-state index is 2.38. The molecule has 0 bridgehead atoms. The van der Waals surface area contributed by atoms with Gasteiger partial charge in [-0.1, -0.05) is 0 Å². The van der Waals surface area contributed by atoms with Crippen molar-refractivity contribution in [3.63, 3.8) is 0 Å². The molecule has 0 N–H and O–H groups in total. The van der Waals surface area contributed by atoms with E-state index in [1.54, 1.807) is 0 Å². The molecule has 0 aromatic heterocycles. The number of hydrogen-bond acceptors (Lipinski definition) is 2. The van der Waals surface area contributed by atoms with Gasteiger partial charge in [-0.25, -0.2) is 0 Å². The Morgan fingerprint density at radius 1 is 1.60 bits per heavy atom. The molecule has 1 rings (SSSR count). The molecular weight excluding hydrogens is 163 g/mol. The fourth-order valence-corrected chi connectivity index (χ4v) is 7.39. The van der Waals surface area contributed by atoms with Crippen LogP contribution in [0.25, 0.3) is 0 Å². The summed E-state index contributed by atoms with van der Waals surface area (Å²) >= 11 is -0.188. The summed E-state index contributed by atoms with van der Waals surface area (Å²) in [6.45, 7) is 0. The molecule has 0 aromatic rings. The Kier molecular flexibility index (Phi) is 1.60. The van der Waals surface area contributed by atoms with Crippen molar-refractivity contribution in [3.8, 4) is 0 Å². The van der Waals surface area contributed by atoms with Crippen molar-refractivity contribution < 1.29 is 0 Å². The molecule has 0 aromatic carbocycles. The van der Waals surface area contributed by atoms with E-state index in [0.29, 0.717) is 0 Å². The summed E-state index contributed by atoms with van der Waals surface area (Å²) in [6, 6.07) is 0. The maximum absolute atomic E-state index is 2.38. The van der Waals surface area contributed by atoms with Crippen molar-refractivity contribution in [2.24, 2.45) is 0 Å². The molecule has 0 atom stereocenters. The van der Waals surface area contributed by atoms with Crippen LogP contribution in [0, 0.1) is 0 Å². The van der Waals surface area contributed by atoms with Crippen molar-refractivity contribution in [2.75, 3.05) is 5.08 Å². The van der Waals surface area contributed by atoms with Crippen molar-refractivity contribution in [3.05, 3.63) is 0 Å². The Balaban J connectivity index is 2.08. The van der Waals surface area contributed by atoms with E-state index in [0.717, 1.165) is 0 Å². The SMILES string of the molecule is C[As]1SCS1. The van der Waals surface area contributed by atoms with E-state index >= 15 is 0 Å². The molecule has 0 nitrogen and oxygen atoms in total. The van der Waals surface area contributed by atoms with Crippen LogP contribution in [-0.4, -0.2) is 17.4 Å². The zero-order valence-corrected chi connectivity index (χ0v) is 6.48. The Morgan fingerprint density at radius 2 is 2.00 bits per heavy atom. The summed E-state index contributed by atoms with van der Waals surface area (Å²) in [5.74, 6) is 0. The van der Waals surface area contributed by atoms with Gasteiger partial charge in [-0.3, -0.25) is 0 Å². The Bertz CT molecular complexity index is 34.6. The number of rotatable bonds is 0. The summed E-state index contributed by atoms with van der Waals surface area (Å²) in [6.07, 6.45) is 0. The van der Waals surface area contributed by atoms with E-state index in [-0.39, 0.29) is 12.3 Å². The van der Waals surface area contributed by atoms with Crippen molar-refractivity contribution >= 4 is 32.4 Å². The average Bonchev–Trinajstić information content (AvgIpc) is 1.30. The first-order valence-electron chi connectivity index (χ1n) is 1.39. The third-order valence-corrected chi connectivity index (χ3v) is 13.9. The first kappa shape index (κ1) is 4.42. The van der Waals surface area contributed by atoms with E-state index in [1.807, 2.05) is 0 Å². The first-order valence-corrected chi connectivity index (χ1v) is 9.75. The summed E-state index contributed by atoms with van der Waals surface area (Å²) < 4.78 is 0. The normalized spacial score (nSPS) is 25.8. The molecule has 5 heavy (non-hydrogen) atoms. The van der Waals surface area contributed by atoms with Crippen LogP contribution in [0.3, 0.4) is 0 Å². The molecule has 0 spiro atoms. The van der Waals surface area contributed by atoms with Gasteiger partial charge in [0.25, 0.3) is 0 Å². The molecule has 0 saturated carbocycles. The zero-order valence-electron chi connectivity index (χ0n) is 2.97. The fourth-order valence-electron chi connectivity index (χ4n) is 0.158. The summed E-state index contributed by atoms with van der Waals surface area (Å²) in [7, 11) is 4.34. The molecule has 0 amide bonds. The van der Waals surface area contributed by atoms with Crippen LogP contribution in [0.5, 0.6) is 0 Å². The first-order chi connectivity index (χ1) is 2.39. The predicted octanol–water partition coefficient (Wildman–Crippen LogP) is 1.54. The van der Waals surface area contributed by atoms with Gasteiger partial charge in [0, 0.05) is 0 Å². The molecule has 0 unspecified atom stereocenters. The van der Waals surface area contributed by atoms with Gasteiger partial charge in [-0.15, -0.1) is 0 Å². The summed E-state index contributed by atoms with van der Waals surface area (Å²) in [5, 5.41) is 1.39. The van der Waals surface area contributed by atoms with Crippen LogP contribution in [0.4, 0.5) is 0 Å². The molecular formula is C2H5AsS2. The van der Waals surface area contributed by atoms with Crippen LogP contribution in [-0.2, 0) is 0 Å². The van der Waals surface area contributed by atoms with Crippen LogP contribution in [0.1, 0.15) is 0 Å². The topological polar surface area (TPSA) is 0 Å². The van der Waals surface area contributed by atoms with Crippen LogP contribution < -0.4 is 0 Å². The molecule has 30 valence electrons. The second kappa shape index (κ2) is 1.81. The molecule has 1 aliphatic rings. The molecule has 1 saturated heterocycles. The van der Waals surface area contributed by atoms with Gasteiger partial charge in [-0.05, 0) is 0 Å². The van der Waals surface area contributed by atoms with Crippen LogP contribution in [0.15, 0.2) is 0 Å². The van der Waals surface area contributed by atoms with Crippen molar-refractivity contribution in [1.82, 2.24) is 0 Å². The van der Waals surface area contributed by atoms with Crippen molar-refractivity contribution in [1.29, 1.82) is 0 Å². The van der Waals surface area contributed by atoms with E-state index < -0.39 is 0 Å². The minimum atomic E-state index is -0.188. The number of hydrogen-bond donors (Lipinski definition) is 0. The van der Waals surface area contributed by atoms with Gasteiger partial charge in [0.15, 0.2) is 0 Å². The average molecular weight is 168 g/mol. The monoisotopic (exact) mass is 168 g/mol. The quantitative estimate of drug-likeness (QED) is 0.503. The van der Waals surface area contributed by atoms with Gasteiger partial charge >= 0.3 is 43.2 Å². The molecule has 1 fully saturated rings. The van der Waals surface area contributed by atoms with Crippen LogP contribution >= 0.6 is 20.0 Å². The van der Waals surface area contributed by atoms with E-state index in [2.05, 4.69) is 25.8 Å². The fraction of sp³-hybridized carbons (Fsp3) is 1.00. The van der Waals surface area contributed by atoms with Gasteiger partial charge in [0.1, 0.15) is 0 Å². The van der Waals surface area contributed by atoms with Crippen LogP contribution in [0.2, 0.25) is 5.71 Å². The summed E-state index contributed by atoms with van der Waals surface area (Å²) in [4.78, 5) is 0. The Morgan fingerprint density at radius 3 is 2.00 bits per heavy atom. The van der Waals surface area contributed by atoms with Gasteiger partial charge < -0.3 is 0 Å². The molecule has 0 radical (unpaired) electrons. The van der Waals surface area contributed by atoms with Gasteiger partial charge in [0.2, 0.25) is 0 Å². The van der Waals surface area contributed by atoms with Gasteiger partial charge in [0.05, 0.1) is 0 Å². The Hall–Kier alpha value is 1.26. The second-order valence-corrected chi connectivity index (χ2v) is 14.3. The second-order valence-electron chi connectivity index (χ2n) is 0.816. The molecule has 0 aliphatic carbocycles. The molecule has 3 heteroatoms. The third-order valence-electron chi connectivity index (χ3n) is 0.469. The summed E-state index contributed by atoms with van der Waals surface area (Å²) in [5.41, 5.74) is 2.38. The predicted molar refractivity (Wildman–Crippen MR) is 31.7 cm³/mol. The van der Waals surface area contributed by atoms with E-state index in [1.165, 1.54) is 5.08 Å². The van der Waals surface area contributed by atoms with Crippen molar-refractivity contribution in [2.45, 2.75) is 5.71 Å². The molecule has 1 heterocycles. The Labute approximate surface area is 43.3 Å². The minimum absolute atomic E-state index is 0.188. The zero-order chi connectivity index (χ0) is 3.70. The van der Waals surface area contributed by atoms with E-state index in [9.17, 15) is 0 Å². The van der Waals surface area contributed by atoms with E-state index in [4.69, 9.17) is 0 Å². The van der Waals surface area contributed by atoms with Gasteiger partial charge in [-0.2, -0.15) is 0 Å². The molecule has 1 aliphatic heterocycles.